The van der Waals surface area contributed by atoms with E-state index >= 15 is 0 Å². The Morgan fingerprint density at radius 3 is 2.55 bits per heavy atom. The van der Waals surface area contributed by atoms with Gasteiger partial charge in [0.25, 0.3) is 0 Å². The summed E-state index contributed by atoms with van der Waals surface area (Å²) in [6.45, 7) is 8.13. The molecule has 2 aromatic rings. The molecule has 4 rings (SSSR count). The second-order valence-corrected chi connectivity index (χ2v) is 8.38. The van der Waals surface area contributed by atoms with Gasteiger partial charge in [-0.25, -0.2) is 9.98 Å². The molecule has 1 aromatic carbocycles. The lowest BCUT2D eigenvalue weighted by Gasteiger charge is -2.36. The third kappa shape index (κ3) is 4.70. The van der Waals surface area contributed by atoms with Gasteiger partial charge < -0.3 is 4.90 Å². The van der Waals surface area contributed by atoms with Gasteiger partial charge >= 0.3 is 0 Å². The van der Waals surface area contributed by atoms with Gasteiger partial charge in [0.05, 0.1) is 17.1 Å². The molecule has 1 aromatic heterocycles. The van der Waals surface area contributed by atoms with Gasteiger partial charge in [-0.3, -0.25) is 14.5 Å². The second kappa shape index (κ2) is 9.28. The first-order valence-electron chi connectivity index (χ1n) is 10.9. The second-order valence-electron chi connectivity index (χ2n) is 8.02. The van der Waals surface area contributed by atoms with E-state index in [-0.39, 0.29) is 11.6 Å². The van der Waals surface area contributed by atoms with E-state index in [9.17, 15) is 9.59 Å². The molecule has 162 valence electrons. The van der Waals surface area contributed by atoms with Crippen molar-refractivity contribution in [1.82, 2.24) is 9.88 Å². The number of rotatable bonds is 6. The van der Waals surface area contributed by atoms with E-state index in [1.807, 2.05) is 26.0 Å². The number of benzene rings is 1. The van der Waals surface area contributed by atoms with Gasteiger partial charge in [-0.15, -0.1) is 0 Å². The predicted molar refractivity (Wildman–Crippen MR) is 124 cm³/mol. The standard InChI is InChI=1S/C24H27ClN4O2/c1-3-18-23(31)14-17-13-16(5-6-19(17)26-18)15-28-9-11-29(12-10-28)21-8-7-20(22(30)4-2)27-24(21)25/h5-8,13H,3-4,9-12,14-15H2,1-2H3. The van der Waals surface area contributed by atoms with Crippen molar-refractivity contribution in [3.63, 3.8) is 0 Å². The lowest BCUT2D eigenvalue weighted by atomic mass is 9.97. The molecule has 0 spiro atoms. The van der Waals surface area contributed by atoms with Crippen molar-refractivity contribution in [1.29, 1.82) is 0 Å². The summed E-state index contributed by atoms with van der Waals surface area (Å²) in [4.78, 5) is 37.4. The zero-order chi connectivity index (χ0) is 22.0. The first-order chi connectivity index (χ1) is 15.0. The Bertz CT molecular complexity index is 1040. The minimum absolute atomic E-state index is 0.00151. The summed E-state index contributed by atoms with van der Waals surface area (Å²) in [6.07, 6.45) is 1.55. The molecule has 3 heterocycles. The highest BCUT2D eigenvalue weighted by Crippen LogP contribution is 2.28. The highest BCUT2D eigenvalue weighted by Gasteiger charge is 2.22. The first kappa shape index (κ1) is 21.7. The van der Waals surface area contributed by atoms with Crippen LogP contribution in [0.4, 0.5) is 11.4 Å². The summed E-state index contributed by atoms with van der Waals surface area (Å²) in [5.41, 5.74) is 5.14. The van der Waals surface area contributed by atoms with E-state index in [0.717, 1.165) is 49.7 Å². The lowest BCUT2D eigenvalue weighted by molar-refractivity contribution is -0.112. The molecule has 2 aliphatic heterocycles. The maximum Gasteiger partial charge on any atom is 0.181 e. The average Bonchev–Trinajstić information content (AvgIpc) is 2.78. The van der Waals surface area contributed by atoms with Crippen LogP contribution in [-0.2, 0) is 17.8 Å². The van der Waals surface area contributed by atoms with Gasteiger partial charge in [0.15, 0.2) is 16.7 Å². The number of Topliss-reactive ketones (excluding diaryl/α,β-unsaturated/α-hetero) is 2. The largest absolute Gasteiger partial charge is 0.366 e. The van der Waals surface area contributed by atoms with E-state index in [4.69, 9.17) is 11.6 Å². The van der Waals surface area contributed by atoms with Crippen LogP contribution in [0.5, 0.6) is 0 Å². The van der Waals surface area contributed by atoms with Crippen LogP contribution in [0.15, 0.2) is 35.3 Å². The number of carbonyl (C=O) groups is 2. The van der Waals surface area contributed by atoms with Crippen LogP contribution in [0, 0.1) is 0 Å². The van der Waals surface area contributed by atoms with E-state index in [1.54, 1.807) is 6.07 Å². The van der Waals surface area contributed by atoms with Crippen molar-refractivity contribution in [3.8, 4) is 0 Å². The summed E-state index contributed by atoms with van der Waals surface area (Å²) in [7, 11) is 0. The summed E-state index contributed by atoms with van der Waals surface area (Å²) in [5, 5.41) is 0.388. The Morgan fingerprint density at radius 2 is 1.87 bits per heavy atom. The topological polar surface area (TPSA) is 65.9 Å². The molecule has 2 aliphatic rings. The van der Waals surface area contributed by atoms with Gasteiger partial charge in [-0.2, -0.15) is 0 Å². The Labute approximate surface area is 187 Å². The monoisotopic (exact) mass is 438 g/mol. The van der Waals surface area contributed by atoms with E-state index in [2.05, 4.69) is 31.9 Å². The molecule has 0 aliphatic carbocycles. The number of aromatic nitrogens is 1. The molecule has 0 unspecified atom stereocenters. The smallest absolute Gasteiger partial charge is 0.181 e. The molecule has 1 fully saturated rings. The summed E-state index contributed by atoms with van der Waals surface area (Å²) in [5.74, 6) is 0.138. The fraction of sp³-hybridized carbons (Fsp3) is 0.417. The van der Waals surface area contributed by atoms with Crippen molar-refractivity contribution in [3.05, 3.63) is 52.3 Å². The molecule has 0 bridgehead atoms. The maximum absolute atomic E-state index is 12.2. The Morgan fingerprint density at radius 1 is 1.10 bits per heavy atom. The predicted octanol–water partition coefficient (Wildman–Crippen LogP) is 4.26. The van der Waals surface area contributed by atoms with Gasteiger partial charge in [-0.05, 0) is 35.7 Å². The van der Waals surface area contributed by atoms with E-state index in [1.165, 1.54) is 5.56 Å². The highest BCUT2D eigenvalue weighted by atomic mass is 35.5. The number of fused-ring (bicyclic) bond motifs is 1. The zero-order valence-electron chi connectivity index (χ0n) is 18.0. The summed E-state index contributed by atoms with van der Waals surface area (Å²) >= 11 is 6.37. The molecule has 7 heteroatoms. The molecule has 0 N–H and O–H groups in total. The van der Waals surface area contributed by atoms with Gasteiger partial charge in [0, 0.05) is 45.6 Å². The Balaban J connectivity index is 1.38. The number of hydrogen-bond acceptors (Lipinski definition) is 6. The van der Waals surface area contributed by atoms with Crippen molar-refractivity contribution < 1.29 is 9.59 Å². The minimum Gasteiger partial charge on any atom is -0.366 e. The Hall–Kier alpha value is -2.57. The third-order valence-electron chi connectivity index (χ3n) is 5.96. The van der Waals surface area contributed by atoms with Gasteiger partial charge in [0.1, 0.15) is 5.69 Å². The number of pyridine rings is 1. The van der Waals surface area contributed by atoms with Crippen molar-refractivity contribution >= 4 is 40.3 Å². The van der Waals surface area contributed by atoms with Crippen molar-refractivity contribution in [2.24, 2.45) is 4.99 Å². The van der Waals surface area contributed by atoms with E-state index < -0.39 is 0 Å². The molecule has 1 saturated heterocycles. The molecule has 0 atom stereocenters. The minimum atomic E-state index is 0.00151. The molecular weight excluding hydrogens is 412 g/mol. The molecule has 0 saturated carbocycles. The molecule has 6 nitrogen and oxygen atoms in total. The molecule has 0 amide bonds. The Kier molecular flexibility index (Phi) is 6.49. The van der Waals surface area contributed by atoms with Crippen LogP contribution < -0.4 is 4.90 Å². The molecular formula is C24H27ClN4O2. The third-order valence-corrected chi connectivity index (χ3v) is 6.24. The van der Waals surface area contributed by atoms with Crippen molar-refractivity contribution in [2.75, 3.05) is 31.1 Å². The summed E-state index contributed by atoms with van der Waals surface area (Å²) < 4.78 is 0. The SMILES string of the molecule is CCC(=O)c1ccc(N2CCN(Cc3ccc4c(c3)CC(=O)C(CC)=N4)CC2)c(Cl)n1. The number of aliphatic imine (C=N–C) groups is 1. The summed E-state index contributed by atoms with van der Waals surface area (Å²) in [6, 6.07) is 9.94. The van der Waals surface area contributed by atoms with Crippen LogP contribution in [0.25, 0.3) is 0 Å². The number of piperazine rings is 1. The van der Waals surface area contributed by atoms with E-state index in [0.29, 0.717) is 35.8 Å². The number of hydrogen-bond donors (Lipinski definition) is 0. The van der Waals surface area contributed by atoms with Crippen molar-refractivity contribution in [2.45, 2.75) is 39.7 Å². The average molecular weight is 439 g/mol. The quantitative estimate of drug-likeness (QED) is 0.498. The molecule has 0 radical (unpaired) electrons. The van der Waals surface area contributed by atoms with Crippen LogP contribution in [0.2, 0.25) is 5.15 Å². The normalized spacial score (nSPS) is 16.8. The number of carbonyl (C=O) groups excluding carboxylic acids is 2. The number of nitrogens with zero attached hydrogens (tertiary/aromatic N) is 4. The number of anilines is 1. The van der Waals surface area contributed by atoms with Crippen LogP contribution >= 0.6 is 11.6 Å². The number of halogens is 1. The van der Waals surface area contributed by atoms with Gasteiger partial charge in [0.2, 0.25) is 0 Å². The lowest BCUT2D eigenvalue weighted by Crippen LogP contribution is -2.46. The number of ketones is 2. The van der Waals surface area contributed by atoms with Crippen LogP contribution in [0.1, 0.15) is 48.3 Å². The van der Waals surface area contributed by atoms with Gasteiger partial charge in [-0.1, -0.05) is 37.6 Å². The fourth-order valence-electron chi connectivity index (χ4n) is 4.15. The van der Waals surface area contributed by atoms with Crippen LogP contribution in [0.3, 0.4) is 0 Å². The van der Waals surface area contributed by atoms with Crippen LogP contribution in [-0.4, -0.2) is 53.3 Å². The highest BCUT2D eigenvalue weighted by molar-refractivity contribution is 6.41. The molecule has 31 heavy (non-hydrogen) atoms. The first-order valence-corrected chi connectivity index (χ1v) is 11.3. The zero-order valence-corrected chi connectivity index (χ0v) is 18.8. The maximum atomic E-state index is 12.2. The fourth-order valence-corrected chi connectivity index (χ4v) is 4.42.